The van der Waals surface area contributed by atoms with Crippen LogP contribution in [-0.2, 0) is 10.0 Å². The molecule has 0 radical (unpaired) electrons. The second-order valence-corrected chi connectivity index (χ2v) is 7.39. The molecular formula is C13H17N5O4S. The van der Waals surface area contributed by atoms with Crippen molar-refractivity contribution in [2.24, 2.45) is 5.92 Å². The molecule has 10 heteroatoms. The molecule has 0 spiro atoms. The van der Waals surface area contributed by atoms with Crippen LogP contribution in [0.2, 0.25) is 0 Å². The molecule has 0 bridgehead atoms. The number of sulfonamides is 1. The van der Waals surface area contributed by atoms with Crippen LogP contribution >= 0.6 is 0 Å². The van der Waals surface area contributed by atoms with E-state index in [9.17, 15) is 18.0 Å². The number of fused-ring (bicyclic) bond motifs is 1. The van der Waals surface area contributed by atoms with Crippen molar-refractivity contribution < 1.29 is 8.42 Å². The van der Waals surface area contributed by atoms with Gasteiger partial charge in [0.2, 0.25) is 10.0 Å². The maximum absolute atomic E-state index is 12.5. The molecule has 0 saturated carbocycles. The molecule has 2 unspecified atom stereocenters. The number of nitrogens with one attached hydrogen (secondary N) is 4. The lowest BCUT2D eigenvalue weighted by molar-refractivity contribution is 0.328. The molecule has 1 aliphatic heterocycles. The van der Waals surface area contributed by atoms with Gasteiger partial charge in [0.25, 0.3) is 5.56 Å². The van der Waals surface area contributed by atoms with Gasteiger partial charge < -0.3 is 5.32 Å². The van der Waals surface area contributed by atoms with Crippen LogP contribution in [0.4, 0.5) is 0 Å². The quantitative estimate of drug-likeness (QED) is 0.559. The molecule has 2 atom stereocenters. The minimum Gasteiger partial charge on any atom is -0.316 e. The van der Waals surface area contributed by atoms with Crippen LogP contribution in [0, 0.1) is 5.92 Å². The van der Waals surface area contributed by atoms with E-state index in [1.807, 2.05) is 6.92 Å². The van der Waals surface area contributed by atoms with Gasteiger partial charge in [-0.05, 0) is 31.5 Å². The summed E-state index contributed by atoms with van der Waals surface area (Å²) >= 11 is 0. The van der Waals surface area contributed by atoms with E-state index < -0.39 is 21.3 Å². The molecule has 1 aliphatic rings. The van der Waals surface area contributed by atoms with Crippen molar-refractivity contribution in [3.05, 3.63) is 33.1 Å². The van der Waals surface area contributed by atoms with Gasteiger partial charge in [0, 0.05) is 12.2 Å². The first-order valence-corrected chi connectivity index (χ1v) is 8.70. The highest BCUT2D eigenvalue weighted by molar-refractivity contribution is 7.89. The van der Waals surface area contributed by atoms with Crippen molar-refractivity contribution >= 4 is 21.1 Å². The van der Waals surface area contributed by atoms with Gasteiger partial charge in [-0.2, -0.15) is 0 Å². The maximum atomic E-state index is 12.5. The highest BCUT2D eigenvalue weighted by atomic mass is 32.2. The molecule has 0 aliphatic carbocycles. The summed E-state index contributed by atoms with van der Waals surface area (Å²) in [6.45, 7) is 3.45. The van der Waals surface area contributed by atoms with Gasteiger partial charge in [-0.1, -0.05) is 6.92 Å². The van der Waals surface area contributed by atoms with Gasteiger partial charge in [-0.3, -0.25) is 14.8 Å². The van der Waals surface area contributed by atoms with Crippen LogP contribution in [0.5, 0.6) is 0 Å². The molecule has 23 heavy (non-hydrogen) atoms. The molecule has 4 N–H and O–H groups in total. The maximum Gasteiger partial charge on any atom is 0.327 e. The molecule has 3 heterocycles. The third kappa shape index (κ3) is 3.19. The normalized spacial score (nSPS) is 22.3. The van der Waals surface area contributed by atoms with Gasteiger partial charge in [0.05, 0.1) is 5.39 Å². The number of rotatable bonds is 3. The van der Waals surface area contributed by atoms with Gasteiger partial charge >= 0.3 is 5.69 Å². The largest absolute Gasteiger partial charge is 0.327 e. The van der Waals surface area contributed by atoms with Gasteiger partial charge in [0.15, 0.2) is 0 Å². The lowest BCUT2D eigenvalue weighted by Crippen LogP contribution is -2.48. The summed E-state index contributed by atoms with van der Waals surface area (Å²) in [4.78, 5) is 31.2. The van der Waals surface area contributed by atoms with E-state index in [2.05, 4.69) is 25.0 Å². The van der Waals surface area contributed by atoms with E-state index in [0.717, 1.165) is 19.3 Å². The van der Waals surface area contributed by atoms with Crippen LogP contribution in [-0.4, -0.2) is 42.5 Å². The number of hydrogen-bond acceptors (Lipinski definition) is 6. The molecule has 0 aromatic carbocycles. The summed E-state index contributed by atoms with van der Waals surface area (Å²) in [6, 6.07) is 1.04. The molecule has 1 saturated heterocycles. The summed E-state index contributed by atoms with van der Waals surface area (Å²) in [6.07, 6.45) is 1.82. The minimum atomic E-state index is -3.80. The Bertz CT molecular complexity index is 949. The van der Waals surface area contributed by atoms with Crippen molar-refractivity contribution in [1.29, 1.82) is 0 Å². The minimum absolute atomic E-state index is 0.0193. The van der Waals surface area contributed by atoms with Crippen LogP contribution in [0.15, 0.2) is 26.7 Å². The molecule has 124 valence electrons. The first-order chi connectivity index (χ1) is 10.9. The van der Waals surface area contributed by atoms with Crippen LogP contribution in [0.3, 0.4) is 0 Å². The molecular weight excluding hydrogens is 322 g/mol. The Morgan fingerprint density at radius 1 is 1.30 bits per heavy atom. The zero-order chi connectivity index (χ0) is 16.6. The van der Waals surface area contributed by atoms with Crippen LogP contribution in [0.25, 0.3) is 11.0 Å². The monoisotopic (exact) mass is 339 g/mol. The fraction of sp³-hybridized carbons (Fsp3) is 0.462. The zero-order valence-corrected chi connectivity index (χ0v) is 13.2. The van der Waals surface area contributed by atoms with Crippen LogP contribution < -0.4 is 21.3 Å². The fourth-order valence-corrected chi connectivity index (χ4v) is 3.98. The number of aromatic amines is 2. The molecule has 0 amide bonds. The van der Waals surface area contributed by atoms with E-state index in [-0.39, 0.29) is 27.9 Å². The first kappa shape index (κ1) is 15.8. The Balaban J connectivity index is 1.98. The van der Waals surface area contributed by atoms with Gasteiger partial charge in [-0.25, -0.2) is 22.9 Å². The molecule has 2 aromatic rings. The lowest BCUT2D eigenvalue weighted by atomic mass is 9.97. The van der Waals surface area contributed by atoms with E-state index in [4.69, 9.17) is 0 Å². The van der Waals surface area contributed by atoms with E-state index in [1.165, 1.54) is 6.07 Å². The van der Waals surface area contributed by atoms with Crippen molar-refractivity contribution in [2.45, 2.75) is 24.3 Å². The van der Waals surface area contributed by atoms with Gasteiger partial charge in [-0.15, -0.1) is 0 Å². The summed E-state index contributed by atoms with van der Waals surface area (Å²) in [7, 11) is -3.80. The molecule has 2 aromatic heterocycles. The Morgan fingerprint density at radius 2 is 2.09 bits per heavy atom. The number of hydrogen-bond donors (Lipinski definition) is 4. The first-order valence-electron chi connectivity index (χ1n) is 7.22. The molecule has 3 rings (SSSR count). The highest BCUT2D eigenvalue weighted by Crippen LogP contribution is 2.16. The third-order valence-corrected chi connectivity index (χ3v) is 5.43. The van der Waals surface area contributed by atoms with E-state index in [0.29, 0.717) is 6.42 Å². The second-order valence-electron chi connectivity index (χ2n) is 5.67. The summed E-state index contributed by atoms with van der Waals surface area (Å²) in [5.74, 6) is 0.159. The van der Waals surface area contributed by atoms with Crippen molar-refractivity contribution in [3.63, 3.8) is 0 Å². The Kier molecular flexibility index (Phi) is 4.04. The Labute approximate surface area is 131 Å². The van der Waals surface area contributed by atoms with Gasteiger partial charge in [0.1, 0.15) is 10.5 Å². The topological polar surface area (TPSA) is 137 Å². The lowest BCUT2D eigenvalue weighted by Gasteiger charge is -2.29. The number of H-pyrrole nitrogens is 2. The number of nitrogens with zero attached hydrogens (tertiary/aromatic N) is 1. The zero-order valence-electron chi connectivity index (χ0n) is 12.4. The van der Waals surface area contributed by atoms with Crippen molar-refractivity contribution in [2.75, 3.05) is 13.1 Å². The molecule has 9 nitrogen and oxygen atoms in total. The highest BCUT2D eigenvalue weighted by Gasteiger charge is 2.27. The van der Waals surface area contributed by atoms with E-state index in [1.54, 1.807) is 0 Å². The van der Waals surface area contributed by atoms with Crippen LogP contribution in [0.1, 0.15) is 13.3 Å². The third-order valence-electron chi connectivity index (χ3n) is 3.97. The van der Waals surface area contributed by atoms with Crippen molar-refractivity contribution in [3.8, 4) is 0 Å². The standard InChI is InChI=1S/C13H17N5O4S/c1-7-5-14-3-2-10(7)18-23(21,22)8-4-9-11(15-6-8)16-13(20)17-12(9)19/h4,6-7,10,14,18H,2-3,5H2,1H3,(H2,15,16,17,19,20). The predicted octanol–water partition coefficient (Wildman–Crippen LogP) is -1.11. The second kappa shape index (κ2) is 5.87. The van der Waals surface area contributed by atoms with E-state index >= 15 is 0 Å². The number of pyridine rings is 1. The summed E-state index contributed by atoms with van der Waals surface area (Å²) in [5, 5.41) is 3.22. The number of aromatic nitrogens is 3. The average molecular weight is 339 g/mol. The summed E-state index contributed by atoms with van der Waals surface area (Å²) in [5.41, 5.74) is -1.32. The summed E-state index contributed by atoms with van der Waals surface area (Å²) < 4.78 is 27.7. The molecule has 1 fully saturated rings. The fourth-order valence-electron chi connectivity index (χ4n) is 2.63. The predicted molar refractivity (Wildman–Crippen MR) is 83.7 cm³/mol. The number of piperidine rings is 1. The smallest absolute Gasteiger partial charge is 0.316 e. The Hall–Kier alpha value is -2.04. The van der Waals surface area contributed by atoms with Crippen molar-refractivity contribution in [1.82, 2.24) is 25.0 Å². The average Bonchev–Trinajstić information content (AvgIpc) is 2.49. The Morgan fingerprint density at radius 3 is 2.83 bits per heavy atom. The SMILES string of the molecule is CC1CNCCC1NS(=O)(=O)c1cnc2[nH]c(=O)[nH]c(=O)c2c1.